The maximum atomic E-state index is 5.41. The van der Waals surface area contributed by atoms with Crippen LogP contribution in [0, 0.1) is 0 Å². The Hall–Kier alpha value is -0.100. The average Bonchev–Trinajstić information content (AvgIpc) is 2.17. The Morgan fingerprint density at radius 2 is 2.13 bits per heavy atom. The molecule has 1 rings (SSSR count). The van der Waals surface area contributed by atoms with Crippen molar-refractivity contribution in [3.8, 4) is 5.75 Å². The van der Waals surface area contributed by atoms with E-state index in [2.05, 4.69) is 37.2 Å². The Morgan fingerprint density at radius 1 is 1.40 bits per heavy atom. The molecule has 0 fully saturated rings. The van der Waals surface area contributed by atoms with E-state index < -0.39 is 0 Å². The maximum absolute atomic E-state index is 5.41. The summed E-state index contributed by atoms with van der Waals surface area (Å²) in [4.78, 5) is 0. The fourth-order valence-electron chi connectivity index (χ4n) is 1.30. The molecule has 0 amide bonds. The molecule has 84 valence electrons. The van der Waals surface area contributed by atoms with Crippen LogP contribution in [0.15, 0.2) is 21.1 Å². The van der Waals surface area contributed by atoms with E-state index in [1.807, 2.05) is 12.1 Å². The number of benzene rings is 1. The van der Waals surface area contributed by atoms with E-state index in [4.69, 9.17) is 10.5 Å². The zero-order chi connectivity index (χ0) is 11.3. The Morgan fingerprint density at radius 3 is 2.73 bits per heavy atom. The predicted octanol–water partition coefficient (Wildman–Crippen LogP) is 2.27. The lowest BCUT2D eigenvalue weighted by atomic mass is 10.2. The monoisotopic (exact) mass is 336 g/mol. The summed E-state index contributed by atoms with van der Waals surface area (Å²) in [5.41, 5.74) is 6.51. The van der Waals surface area contributed by atoms with Crippen LogP contribution in [0.25, 0.3) is 0 Å². The van der Waals surface area contributed by atoms with Crippen LogP contribution in [0.5, 0.6) is 5.75 Å². The third kappa shape index (κ3) is 3.75. The van der Waals surface area contributed by atoms with Crippen LogP contribution in [-0.2, 0) is 6.54 Å². The van der Waals surface area contributed by atoms with Gasteiger partial charge in [-0.15, -0.1) is 0 Å². The molecule has 0 aromatic heterocycles. The van der Waals surface area contributed by atoms with Gasteiger partial charge in [0.2, 0.25) is 0 Å². The molecule has 0 aliphatic rings. The van der Waals surface area contributed by atoms with E-state index in [-0.39, 0.29) is 0 Å². The predicted molar refractivity (Wildman–Crippen MR) is 69.2 cm³/mol. The molecule has 5 heteroatoms. The van der Waals surface area contributed by atoms with E-state index in [1.165, 1.54) is 0 Å². The molecule has 0 unspecified atom stereocenters. The molecule has 0 spiro atoms. The van der Waals surface area contributed by atoms with Crippen LogP contribution in [0.4, 0.5) is 0 Å². The van der Waals surface area contributed by atoms with Crippen molar-refractivity contribution in [2.75, 3.05) is 20.2 Å². The smallest absolute Gasteiger partial charge is 0.137 e. The minimum absolute atomic E-state index is 0.636. The van der Waals surface area contributed by atoms with E-state index in [0.717, 1.165) is 33.3 Å². The number of methoxy groups -OCH3 is 1. The van der Waals surface area contributed by atoms with Gasteiger partial charge in [0, 0.05) is 29.7 Å². The van der Waals surface area contributed by atoms with E-state index in [1.54, 1.807) is 7.11 Å². The maximum Gasteiger partial charge on any atom is 0.137 e. The first-order valence-corrected chi connectivity index (χ1v) is 6.20. The van der Waals surface area contributed by atoms with Gasteiger partial charge in [0.1, 0.15) is 5.75 Å². The summed E-state index contributed by atoms with van der Waals surface area (Å²) in [5.74, 6) is 0.864. The molecular formula is C10H14Br2N2O. The highest BCUT2D eigenvalue weighted by Gasteiger charge is 2.08. The Bertz CT molecular complexity index is 331. The molecule has 0 aliphatic heterocycles. The summed E-state index contributed by atoms with van der Waals surface area (Å²) in [5, 5.41) is 3.23. The lowest BCUT2D eigenvalue weighted by Gasteiger charge is -2.11. The molecule has 0 heterocycles. The first-order chi connectivity index (χ1) is 7.19. The number of hydrogen-bond donors (Lipinski definition) is 2. The molecule has 15 heavy (non-hydrogen) atoms. The topological polar surface area (TPSA) is 47.3 Å². The van der Waals surface area contributed by atoms with Crippen LogP contribution in [-0.4, -0.2) is 20.2 Å². The molecule has 0 bridgehead atoms. The molecule has 0 aliphatic carbocycles. The Labute approximate surface area is 107 Å². The molecule has 0 radical (unpaired) electrons. The number of nitrogens with one attached hydrogen (secondary N) is 1. The molecule has 0 saturated heterocycles. The Balaban J connectivity index is 2.84. The molecular weight excluding hydrogens is 324 g/mol. The quantitative estimate of drug-likeness (QED) is 0.810. The lowest BCUT2D eigenvalue weighted by Crippen LogP contribution is -2.22. The molecule has 0 atom stereocenters. The first kappa shape index (κ1) is 13.0. The minimum atomic E-state index is 0.636. The van der Waals surface area contributed by atoms with Gasteiger partial charge in [0.05, 0.1) is 11.6 Å². The minimum Gasteiger partial charge on any atom is -0.495 e. The molecule has 1 aromatic carbocycles. The Kier molecular flexibility index (Phi) is 5.60. The second-order valence-electron chi connectivity index (χ2n) is 3.05. The average molecular weight is 338 g/mol. The van der Waals surface area contributed by atoms with Gasteiger partial charge < -0.3 is 15.8 Å². The largest absolute Gasteiger partial charge is 0.495 e. The van der Waals surface area contributed by atoms with Crippen LogP contribution in [0.3, 0.4) is 0 Å². The summed E-state index contributed by atoms with van der Waals surface area (Å²) in [6.45, 7) is 2.18. The molecule has 3 N–H and O–H groups in total. The zero-order valence-corrected chi connectivity index (χ0v) is 11.7. The van der Waals surface area contributed by atoms with Crippen molar-refractivity contribution in [3.63, 3.8) is 0 Å². The van der Waals surface area contributed by atoms with Gasteiger partial charge in [-0.2, -0.15) is 0 Å². The second kappa shape index (κ2) is 6.48. The fourth-order valence-corrected chi connectivity index (χ4v) is 2.77. The highest BCUT2D eigenvalue weighted by atomic mass is 79.9. The van der Waals surface area contributed by atoms with Crippen molar-refractivity contribution < 1.29 is 4.74 Å². The number of nitrogens with two attached hydrogens (primary N) is 1. The van der Waals surface area contributed by atoms with Crippen molar-refractivity contribution in [2.24, 2.45) is 5.73 Å². The standard InChI is InChI=1S/C10H14Br2N2O/c1-15-10-7(6-14-3-2-13)4-8(11)5-9(10)12/h4-5,14H,2-3,6,13H2,1H3. The molecule has 3 nitrogen and oxygen atoms in total. The fraction of sp³-hybridized carbons (Fsp3) is 0.400. The first-order valence-electron chi connectivity index (χ1n) is 4.61. The summed E-state index contributed by atoms with van der Waals surface area (Å²) in [6, 6.07) is 4.00. The summed E-state index contributed by atoms with van der Waals surface area (Å²) >= 11 is 6.91. The second-order valence-corrected chi connectivity index (χ2v) is 4.82. The number of hydrogen-bond acceptors (Lipinski definition) is 3. The van der Waals surface area contributed by atoms with Crippen LogP contribution in [0.1, 0.15) is 5.56 Å². The van der Waals surface area contributed by atoms with Crippen LogP contribution >= 0.6 is 31.9 Å². The molecule has 0 saturated carbocycles. The van der Waals surface area contributed by atoms with Crippen molar-refractivity contribution in [2.45, 2.75) is 6.54 Å². The van der Waals surface area contributed by atoms with Crippen molar-refractivity contribution in [1.29, 1.82) is 0 Å². The highest BCUT2D eigenvalue weighted by Crippen LogP contribution is 2.32. The van der Waals surface area contributed by atoms with Gasteiger partial charge in [0.25, 0.3) is 0 Å². The summed E-state index contributed by atoms with van der Waals surface area (Å²) < 4.78 is 7.30. The number of ether oxygens (including phenoxy) is 1. The van der Waals surface area contributed by atoms with Gasteiger partial charge in [-0.3, -0.25) is 0 Å². The zero-order valence-electron chi connectivity index (χ0n) is 8.52. The third-order valence-corrected chi connectivity index (χ3v) is 2.97. The van der Waals surface area contributed by atoms with Crippen molar-refractivity contribution in [1.82, 2.24) is 5.32 Å². The molecule has 1 aromatic rings. The van der Waals surface area contributed by atoms with Gasteiger partial charge in [-0.1, -0.05) is 15.9 Å². The lowest BCUT2D eigenvalue weighted by molar-refractivity contribution is 0.405. The van der Waals surface area contributed by atoms with E-state index in [9.17, 15) is 0 Å². The van der Waals surface area contributed by atoms with Crippen LogP contribution < -0.4 is 15.8 Å². The van der Waals surface area contributed by atoms with Crippen molar-refractivity contribution in [3.05, 3.63) is 26.6 Å². The van der Waals surface area contributed by atoms with Gasteiger partial charge in [0.15, 0.2) is 0 Å². The summed E-state index contributed by atoms with van der Waals surface area (Å²) in [7, 11) is 1.67. The van der Waals surface area contributed by atoms with Gasteiger partial charge in [-0.05, 0) is 28.1 Å². The van der Waals surface area contributed by atoms with Crippen LogP contribution in [0.2, 0.25) is 0 Å². The third-order valence-electron chi connectivity index (χ3n) is 1.93. The van der Waals surface area contributed by atoms with Crippen molar-refractivity contribution >= 4 is 31.9 Å². The van der Waals surface area contributed by atoms with Gasteiger partial charge >= 0.3 is 0 Å². The normalized spacial score (nSPS) is 10.4. The van der Waals surface area contributed by atoms with E-state index in [0.29, 0.717) is 6.54 Å². The van der Waals surface area contributed by atoms with Gasteiger partial charge in [-0.25, -0.2) is 0 Å². The number of rotatable bonds is 5. The highest BCUT2D eigenvalue weighted by molar-refractivity contribution is 9.11. The summed E-state index contributed by atoms with van der Waals surface area (Å²) in [6.07, 6.45) is 0. The number of halogens is 2. The SMILES string of the molecule is COc1c(Br)cc(Br)cc1CNCCN. The van der Waals surface area contributed by atoms with E-state index >= 15 is 0 Å².